The molecule has 0 saturated heterocycles. The van der Waals surface area contributed by atoms with E-state index in [1.807, 2.05) is 42.5 Å². The number of hydrogen-bond acceptors (Lipinski definition) is 3. The fourth-order valence-corrected chi connectivity index (χ4v) is 2.90. The van der Waals surface area contributed by atoms with Gasteiger partial charge in [-0.05, 0) is 29.0 Å². The lowest BCUT2D eigenvalue weighted by atomic mass is 10.0. The van der Waals surface area contributed by atoms with Crippen LogP contribution in [0.5, 0.6) is 0 Å². The molecule has 2 aromatic rings. The van der Waals surface area contributed by atoms with Crippen molar-refractivity contribution in [1.82, 2.24) is 5.32 Å². The van der Waals surface area contributed by atoms with Crippen molar-refractivity contribution in [3.8, 4) is 0 Å². The number of nitrogens with one attached hydrogen (secondary N) is 1. The number of ether oxygens (including phenoxy) is 1. The van der Waals surface area contributed by atoms with Crippen LogP contribution in [-0.4, -0.2) is 12.6 Å². The highest BCUT2D eigenvalue weighted by Gasteiger charge is 2.29. The third-order valence-electron chi connectivity index (χ3n) is 4.13. The second kappa shape index (κ2) is 6.62. The molecule has 0 aromatic heterocycles. The maximum Gasteiger partial charge on any atom is 0.407 e. The summed E-state index contributed by atoms with van der Waals surface area (Å²) in [6.07, 6.45) is 0.503. The molecule has 2 atom stereocenters. The normalized spacial score (nSPS) is 19.5. The van der Waals surface area contributed by atoms with E-state index >= 15 is 0 Å². The van der Waals surface area contributed by atoms with E-state index in [-0.39, 0.29) is 18.6 Å². The number of amides is 1. The topological polar surface area (TPSA) is 64.3 Å². The van der Waals surface area contributed by atoms with Gasteiger partial charge in [0.25, 0.3) is 0 Å². The first-order valence-electron chi connectivity index (χ1n) is 7.52. The van der Waals surface area contributed by atoms with Crippen LogP contribution in [0.3, 0.4) is 0 Å². The largest absolute Gasteiger partial charge is 0.445 e. The van der Waals surface area contributed by atoms with E-state index in [0.29, 0.717) is 6.54 Å². The molecule has 3 N–H and O–H groups in total. The molecule has 4 heteroatoms. The molecule has 4 nitrogen and oxygen atoms in total. The minimum Gasteiger partial charge on any atom is -0.445 e. The molecule has 0 unspecified atom stereocenters. The number of benzene rings is 2. The Morgan fingerprint density at radius 3 is 2.64 bits per heavy atom. The number of fused-ring (bicyclic) bond motifs is 1. The van der Waals surface area contributed by atoms with E-state index in [2.05, 4.69) is 17.4 Å². The van der Waals surface area contributed by atoms with Crippen molar-refractivity contribution in [2.45, 2.75) is 19.1 Å². The zero-order valence-corrected chi connectivity index (χ0v) is 12.4. The minimum atomic E-state index is -0.396. The Kier molecular flexibility index (Phi) is 4.39. The van der Waals surface area contributed by atoms with Crippen LogP contribution in [0.1, 0.15) is 22.7 Å². The zero-order valence-electron chi connectivity index (χ0n) is 12.4. The van der Waals surface area contributed by atoms with Gasteiger partial charge in [0.05, 0.1) is 0 Å². The molecule has 0 spiro atoms. The molecular formula is C18H20N2O2. The van der Waals surface area contributed by atoms with E-state index in [0.717, 1.165) is 12.0 Å². The van der Waals surface area contributed by atoms with E-state index in [9.17, 15) is 4.79 Å². The van der Waals surface area contributed by atoms with Gasteiger partial charge >= 0.3 is 6.09 Å². The Hall–Kier alpha value is -2.33. The highest BCUT2D eigenvalue weighted by Crippen LogP contribution is 2.33. The fourth-order valence-electron chi connectivity index (χ4n) is 2.90. The van der Waals surface area contributed by atoms with Gasteiger partial charge in [-0.25, -0.2) is 4.79 Å². The van der Waals surface area contributed by atoms with E-state index in [1.54, 1.807) is 0 Å². The Balaban J connectivity index is 1.46. The Morgan fingerprint density at radius 2 is 1.86 bits per heavy atom. The summed E-state index contributed by atoms with van der Waals surface area (Å²) in [4.78, 5) is 11.8. The summed E-state index contributed by atoms with van der Waals surface area (Å²) in [7, 11) is 0. The number of carbonyl (C=O) groups is 1. The SMILES string of the molecule is N[C@H]1c2ccccc2C[C@@H]1CNC(=O)OCc1ccccc1. The van der Waals surface area contributed by atoms with Crippen molar-refractivity contribution in [2.24, 2.45) is 11.7 Å². The van der Waals surface area contributed by atoms with Crippen LogP contribution in [0.25, 0.3) is 0 Å². The summed E-state index contributed by atoms with van der Waals surface area (Å²) < 4.78 is 5.21. The van der Waals surface area contributed by atoms with Gasteiger partial charge in [0.2, 0.25) is 0 Å². The van der Waals surface area contributed by atoms with Crippen molar-refractivity contribution >= 4 is 6.09 Å². The predicted octanol–water partition coefficient (Wildman–Crippen LogP) is 2.79. The van der Waals surface area contributed by atoms with E-state index in [4.69, 9.17) is 10.5 Å². The van der Waals surface area contributed by atoms with Gasteiger partial charge in [-0.2, -0.15) is 0 Å². The standard InChI is InChI=1S/C18H20N2O2/c19-17-15(10-14-8-4-5-9-16(14)17)11-20-18(21)22-12-13-6-2-1-3-7-13/h1-9,15,17H,10-12,19H2,(H,20,21)/t15-,17-/m1/s1. The molecular weight excluding hydrogens is 276 g/mol. The highest BCUT2D eigenvalue weighted by atomic mass is 16.5. The average Bonchev–Trinajstić information content (AvgIpc) is 2.88. The lowest BCUT2D eigenvalue weighted by molar-refractivity contribution is 0.137. The van der Waals surface area contributed by atoms with Gasteiger partial charge in [-0.15, -0.1) is 0 Å². The molecule has 0 fully saturated rings. The van der Waals surface area contributed by atoms with Crippen molar-refractivity contribution in [1.29, 1.82) is 0 Å². The third kappa shape index (κ3) is 3.28. The van der Waals surface area contributed by atoms with Crippen LogP contribution in [0.2, 0.25) is 0 Å². The maximum atomic E-state index is 11.8. The summed E-state index contributed by atoms with van der Waals surface area (Å²) in [6.45, 7) is 0.813. The van der Waals surface area contributed by atoms with E-state index < -0.39 is 6.09 Å². The lowest BCUT2D eigenvalue weighted by Gasteiger charge is -2.16. The van der Waals surface area contributed by atoms with Crippen LogP contribution in [-0.2, 0) is 17.8 Å². The van der Waals surface area contributed by atoms with Gasteiger partial charge in [0.1, 0.15) is 6.61 Å². The van der Waals surface area contributed by atoms with Crippen molar-refractivity contribution in [2.75, 3.05) is 6.54 Å². The van der Waals surface area contributed by atoms with Crippen molar-refractivity contribution in [3.63, 3.8) is 0 Å². The molecule has 3 rings (SSSR count). The minimum absolute atomic E-state index is 0.0226. The number of alkyl carbamates (subject to hydrolysis) is 1. The molecule has 22 heavy (non-hydrogen) atoms. The molecule has 0 saturated carbocycles. The van der Waals surface area contributed by atoms with Crippen LogP contribution in [0.4, 0.5) is 4.79 Å². The molecule has 0 radical (unpaired) electrons. The highest BCUT2D eigenvalue weighted by molar-refractivity contribution is 5.67. The molecule has 1 aliphatic rings. The summed E-state index contributed by atoms with van der Waals surface area (Å²) >= 11 is 0. The maximum absolute atomic E-state index is 11.8. The smallest absolute Gasteiger partial charge is 0.407 e. The van der Waals surface area contributed by atoms with Crippen molar-refractivity contribution in [3.05, 3.63) is 71.3 Å². The van der Waals surface area contributed by atoms with Crippen molar-refractivity contribution < 1.29 is 9.53 Å². The Labute approximate surface area is 130 Å². The summed E-state index contributed by atoms with van der Waals surface area (Å²) in [5, 5.41) is 2.82. The van der Waals surface area contributed by atoms with Gasteiger partial charge < -0.3 is 15.8 Å². The molecule has 0 heterocycles. The average molecular weight is 296 g/mol. The van der Waals surface area contributed by atoms with Crippen LogP contribution in [0, 0.1) is 5.92 Å². The second-order valence-corrected chi connectivity index (χ2v) is 5.63. The first-order chi connectivity index (χ1) is 10.7. The molecule has 0 bridgehead atoms. The fraction of sp³-hybridized carbons (Fsp3) is 0.278. The predicted molar refractivity (Wildman–Crippen MR) is 85.2 cm³/mol. The molecule has 2 aromatic carbocycles. The summed E-state index contributed by atoms with van der Waals surface area (Å²) in [5.74, 6) is 0.224. The number of hydrogen-bond donors (Lipinski definition) is 2. The first kappa shape index (κ1) is 14.6. The lowest BCUT2D eigenvalue weighted by Crippen LogP contribution is -2.33. The Morgan fingerprint density at radius 1 is 1.14 bits per heavy atom. The monoisotopic (exact) mass is 296 g/mol. The summed E-state index contributed by atoms with van der Waals surface area (Å²) in [6, 6.07) is 17.8. The van der Waals surface area contributed by atoms with Gasteiger partial charge in [-0.1, -0.05) is 54.6 Å². The second-order valence-electron chi connectivity index (χ2n) is 5.63. The van der Waals surface area contributed by atoms with Gasteiger partial charge in [-0.3, -0.25) is 0 Å². The number of nitrogens with two attached hydrogens (primary N) is 1. The number of carbonyl (C=O) groups excluding carboxylic acids is 1. The van der Waals surface area contributed by atoms with Gasteiger partial charge in [0.15, 0.2) is 0 Å². The van der Waals surface area contributed by atoms with Crippen LogP contribution >= 0.6 is 0 Å². The van der Waals surface area contributed by atoms with Crippen LogP contribution in [0.15, 0.2) is 54.6 Å². The van der Waals surface area contributed by atoms with Gasteiger partial charge in [0, 0.05) is 12.6 Å². The Bertz CT molecular complexity index is 643. The molecule has 1 aliphatic carbocycles. The molecule has 1 amide bonds. The zero-order chi connectivity index (χ0) is 15.4. The first-order valence-corrected chi connectivity index (χ1v) is 7.52. The number of rotatable bonds is 4. The molecule has 0 aliphatic heterocycles. The third-order valence-corrected chi connectivity index (χ3v) is 4.13. The quantitative estimate of drug-likeness (QED) is 0.912. The molecule has 114 valence electrons. The summed E-state index contributed by atoms with van der Waals surface area (Å²) in [5.41, 5.74) is 9.69. The van der Waals surface area contributed by atoms with Crippen LogP contribution < -0.4 is 11.1 Å². The van der Waals surface area contributed by atoms with E-state index in [1.165, 1.54) is 11.1 Å².